The Hall–Kier alpha value is 0.0900. The Morgan fingerprint density at radius 2 is 1.48 bits per heavy atom. The standard InChI is InChI=1S/C8H10F7NO3S.Na/c1-16(4-5(17)18)20(19)3-2-6(9,7(10,11)12)8(13,14)15;/h2-4H2,1H3,(H,17,18);/q;+1/p-1. The third-order valence-corrected chi connectivity index (χ3v) is 3.60. The van der Waals surface area contributed by atoms with Gasteiger partial charge in [0.1, 0.15) is 0 Å². The fourth-order valence-electron chi connectivity index (χ4n) is 1.08. The van der Waals surface area contributed by atoms with Crippen LogP contribution in [0.1, 0.15) is 6.42 Å². The second-order valence-electron chi connectivity index (χ2n) is 3.73. The van der Waals surface area contributed by atoms with Crippen molar-refractivity contribution in [2.75, 3.05) is 19.3 Å². The molecule has 4 nitrogen and oxygen atoms in total. The number of halogens is 7. The minimum absolute atomic E-state index is 0. The van der Waals surface area contributed by atoms with Crippen molar-refractivity contribution in [2.45, 2.75) is 24.4 Å². The molecule has 0 aromatic heterocycles. The molecule has 0 rings (SSSR count). The molecule has 1 unspecified atom stereocenters. The van der Waals surface area contributed by atoms with E-state index in [2.05, 4.69) is 0 Å². The molecule has 0 aromatic rings. The van der Waals surface area contributed by atoms with Gasteiger partial charge < -0.3 is 9.90 Å². The predicted octanol–water partition coefficient (Wildman–Crippen LogP) is -2.44. The van der Waals surface area contributed by atoms with Crippen LogP contribution in [0, 0.1) is 0 Å². The average molecular weight is 355 g/mol. The first-order chi connectivity index (χ1) is 8.72. The Labute approximate surface area is 139 Å². The van der Waals surface area contributed by atoms with Crippen LogP contribution in [0.15, 0.2) is 0 Å². The Morgan fingerprint density at radius 3 is 1.76 bits per heavy atom. The van der Waals surface area contributed by atoms with E-state index in [1.807, 2.05) is 0 Å². The van der Waals surface area contributed by atoms with Crippen LogP contribution in [0.4, 0.5) is 30.7 Å². The maximum absolute atomic E-state index is 13.2. The summed E-state index contributed by atoms with van der Waals surface area (Å²) in [5, 5.41) is 10.1. The van der Waals surface area contributed by atoms with Gasteiger partial charge in [-0.3, -0.25) is 0 Å². The SMILES string of the molecule is CN(CC(=O)[O-])S(=O)CCC(F)(C(F)(F)F)C(F)(F)F.[Na+]. The summed E-state index contributed by atoms with van der Waals surface area (Å²) in [4.78, 5) is 10.1. The van der Waals surface area contributed by atoms with Crippen molar-refractivity contribution < 1.29 is 74.4 Å². The van der Waals surface area contributed by atoms with Crippen molar-refractivity contribution >= 4 is 17.0 Å². The molecule has 0 spiro atoms. The van der Waals surface area contributed by atoms with Gasteiger partial charge in [0.2, 0.25) is 0 Å². The first-order valence-electron chi connectivity index (χ1n) is 4.84. The van der Waals surface area contributed by atoms with Crippen LogP contribution >= 0.6 is 0 Å². The predicted molar refractivity (Wildman–Crippen MR) is 51.2 cm³/mol. The molecule has 0 saturated carbocycles. The minimum atomic E-state index is -6.22. The zero-order chi connectivity index (χ0) is 16.4. The number of carboxylic acid groups (broad SMARTS) is 1. The first-order valence-corrected chi connectivity index (χ1v) is 6.12. The maximum Gasteiger partial charge on any atom is 1.00 e. The molecule has 0 fully saturated rings. The molecule has 0 radical (unpaired) electrons. The van der Waals surface area contributed by atoms with Crippen LogP contribution in [-0.2, 0) is 15.8 Å². The molecular formula is C8H9F7NNaO3S. The number of aliphatic carboxylic acids is 1. The van der Waals surface area contributed by atoms with Gasteiger partial charge in [-0.15, -0.1) is 0 Å². The zero-order valence-corrected chi connectivity index (χ0v) is 13.7. The smallest absolute Gasteiger partial charge is 0.549 e. The van der Waals surface area contributed by atoms with Gasteiger partial charge in [-0.05, 0) is 0 Å². The van der Waals surface area contributed by atoms with Crippen molar-refractivity contribution in [1.29, 1.82) is 0 Å². The van der Waals surface area contributed by atoms with E-state index in [9.17, 15) is 44.8 Å². The van der Waals surface area contributed by atoms with E-state index < -0.39 is 53.7 Å². The van der Waals surface area contributed by atoms with E-state index in [-0.39, 0.29) is 29.6 Å². The Bertz CT molecular complexity index is 373. The molecule has 13 heteroatoms. The van der Waals surface area contributed by atoms with Gasteiger partial charge in [-0.1, -0.05) is 0 Å². The van der Waals surface area contributed by atoms with E-state index >= 15 is 0 Å². The van der Waals surface area contributed by atoms with Gasteiger partial charge in [-0.2, -0.15) is 26.3 Å². The molecule has 0 aromatic carbocycles. The number of nitrogens with zero attached hydrogens (tertiary/aromatic N) is 1. The number of likely N-dealkylation sites (N-methyl/N-ethyl adjacent to an activating group) is 1. The summed E-state index contributed by atoms with van der Waals surface area (Å²) in [6.07, 6.45) is -14.6. The number of alkyl halides is 7. The summed E-state index contributed by atoms with van der Waals surface area (Å²) < 4.78 is 97.7. The molecular weight excluding hydrogens is 346 g/mol. The molecule has 0 amide bonds. The molecule has 0 saturated heterocycles. The fraction of sp³-hybridized carbons (Fsp3) is 0.875. The summed E-state index contributed by atoms with van der Waals surface area (Å²) >= 11 is 0. The van der Waals surface area contributed by atoms with E-state index in [0.717, 1.165) is 7.05 Å². The molecule has 0 heterocycles. The molecule has 0 aliphatic heterocycles. The number of carbonyl (C=O) groups is 1. The van der Waals surface area contributed by atoms with E-state index in [1.54, 1.807) is 0 Å². The van der Waals surface area contributed by atoms with Crippen LogP contribution < -0.4 is 34.7 Å². The summed E-state index contributed by atoms with van der Waals surface area (Å²) in [5.74, 6) is -3.08. The molecule has 0 bridgehead atoms. The third kappa shape index (κ3) is 6.38. The molecule has 120 valence electrons. The number of carbonyl (C=O) groups excluding carboxylic acids is 1. The van der Waals surface area contributed by atoms with Crippen molar-refractivity contribution in [3.8, 4) is 0 Å². The molecule has 0 aliphatic rings. The molecule has 0 N–H and O–H groups in total. The van der Waals surface area contributed by atoms with Crippen LogP contribution in [0.25, 0.3) is 0 Å². The van der Waals surface area contributed by atoms with Gasteiger partial charge in [-0.25, -0.2) is 12.9 Å². The van der Waals surface area contributed by atoms with E-state index in [0.29, 0.717) is 4.31 Å². The molecule has 21 heavy (non-hydrogen) atoms. The minimum Gasteiger partial charge on any atom is -0.549 e. The summed E-state index contributed by atoms with van der Waals surface area (Å²) in [5.41, 5.74) is -5.50. The Kier molecular flexibility index (Phi) is 8.99. The Balaban J connectivity index is 0. The van der Waals surface area contributed by atoms with Crippen molar-refractivity contribution in [3.05, 3.63) is 0 Å². The van der Waals surface area contributed by atoms with Crippen molar-refractivity contribution in [1.82, 2.24) is 4.31 Å². The number of carboxylic acids is 1. The summed E-state index contributed by atoms with van der Waals surface area (Å²) in [6, 6.07) is 0. The van der Waals surface area contributed by atoms with Gasteiger partial charge >= 0.3 is 41.9 Å². The second-order valence-corrected chi connectivity index (χ2v) is 5.40. The van der Waals surface area contributed by atoms with Gasteiger partial charge in [0.05, 0.1) is 23.5 Å². The van der Waals surface area contributed by atoms with Gasteiger partial charge in [0.25, 0.3) is 5.67 Å². The van der Waals surface area contributed by atoms with Crippen LogP contribution in [-0.4, -0.2) is 51.9 Å². The van der Waals surface area contributed by atoms with Crippen LogP contribution in [0.3, 0.4) is 0 Å². The van der Waals surface area contributed by atoms with Crippen LogP contribution in [0.5, 0.6) is 0 Å². The van der Waals surface area contributed by atoms with Crippen LogP contribution in [0.2, 0.25) is 0 Å². The maximum atomic E-state index is 13.2. The third-order valence-electron chi connectivity index (χ3n) is 2.22. The van der Waals surface area contributed by atoms with Crippen molar-refractivity contribution in [2.24, 2.45) is 0 Å². The average Bonchev–Trinajstić information content (AvgIpc) is 2.20. The van der Waals surface area contributed by atoms with Gasteiger partial charge in [0.15, 0.2) is 0 Å². The largest absolute Gasteiger partial charge is 1.00 e. The first kappa shape index (κ1) is 23.4. The normalized spacial score (nSPS) is 14.7. The second kappa shape index (κ2) is 8.09. The number of hydrogen-bond acceptors (Lipinski definition) is 3. The Morgan fingerprint density at radius 1 is 1.10 bits per heavy atom. The van der Waals surface area contributed by atoms with Crippen molar-refractivity contribution in [3.63, 3.8) is 0 Å². The number of rotatable bonds is 6. The van der Waals surface area contributed by atoms with E-state index in [4.69, 9.17) is 0 Å². The monoisotopic (exact) mass is 355 g/mol. The molecule has 0 aliphatic carbocycles. The fourth-order valence-corrected chi connectivity index (χ4v) is 2.10. The van der Waals surface area contributed by atoms with Gasteiger partial charge in [0, 0.05) is 19.2 Å². The quantitative estimate of drug-likeness (QED) is 0.393. The summed E-state index contributed by atoms with van der Waals surface area (Å²) in [7, 11) is -1.66. The number of hydrogen-bond donors (Lipinski definition) is 0. The zero-order valence-electron chi connectivity index (χ0n) is 10.8. The topological polar surface area (TPSA) is 60.4 Å². The summed E-state index contributed by atoms with van der Waals surface area (Å²) in [6.45, 7) is -0.982. The van der Waals surface area contributed by atoms with E-state index in [1.165, 1.54) is 0 Å². The molecule has 1 atom stereocenters.